The molecule has 2 aromatic rings. The lowest BCUT2D eigenvalue weighted by molar-refractivity contribution is -0.120. The molecule has 0 saturated carbocycles. The molecule has 3 nitrogen and oxygen atoms in total. The quantitative estimate of drug-likeness (QED) is 0.812. The van der Waals surface area contributed by atoms with E-state index in [0.29, 0.717) is 22.3 Å². The minimum Gasteiger partial charge on any atom is -0.484 e. The fourth-order valence-electron chi connectivity index (χ4n) is 2.22. The Hall–Kier alpha value is -1.36. The average Bonchev–Trinajstić information content (AvgIpc) is 2.55. The van der Waals surface area contributed by atoms with Crippen molar-refractivity contribution in [1.29, 1.82) is 0 Å². The molecule has 6 heteroatoms. The van der Waals surface area contributed by atoms with Gasteiger partial charge in [-0.15, -0.1) is 11.8 Å². The van der Waals surface area contributed by atoms with E-state index in [0.717, 1.165) is 16.3 Å². The fourth-order valence-corrected chi connectivity index (χ4v) is 3.50. The fraction of sp³-hybridized carbons (Fsp3) is 0.188. The number of halogens is 2. The highest BCUT2D eigenvalue weighted by Gasteiger charge is 2.22. The molecule has 0 fully saturated rings. The number of hydrogen-bond donors (Lipinski definition) is 0. The second-order valence-corrected chi connectivity index (χ2v) is 6.68. The zero-order chi connectivity index (χ0) is 15.5. The van der Waals surface area contributed by atoms with Crippen molar-refractivity contribution in [3.63, 3.8) is 0 Å². The number of rotatable bonds is 3. The molecular weight excluding hydrogens is 341 g/mol. The van der Waals surface area contributed by atoms with E-state index < -0.39 is 0 Å². The van der Waals surface area contributed by atoms with Crippen LogP contribution in [0.2, 0.25) is 10.0 Å². The monoisotopic (exact) mass is 353 g/mol. The second kappa shape index (κ2) is 6.82. The Bertz CT molecular complexity index is 708. The number of anilines is 1. The van der Waals surface area contributed by atoms with E-state index in [1.165, 1.54) is 0 Å². The molecule has 0 aromatic heterocycles. The number of benzene rings is 2. The van der Waals surface area contributed by atoms with Gasteiger partial charge in [0.05, 0.1) is 15.7 Å². The van der Waals surface area contributed by atoms with E-state index in [1.807, 2.05) is 24.3 Å². The van der Waals surface area contributed by atoms with Crippen LogP contribution in [0.15, 0.2) is 47.4 Å². The van der Waals surface area contributed by atoms with Gasteiger partial charge in [-0.25, -0.2) is 0 Å². The van der Waals surface area contributed by atoms with E-state index in [4.69, 9.17) is 27.9 Å². The molecule has 0 unspecified atom stereocenters. The van der Waals surface area contributed by atoms with Gasteiger partial charge in [0.2, 0.25) is 0 Å². The first-order chi connectivity index (χ1) is 10.6. The van der Waals surface area contributed by atoms with Crippen molar-refractivity contribution in [3.8, 4) is 5.75 Å². The predicted octanol–water partition coefficient (Wildman–Crippen LogP) is 4.51. The Kier molecular flexibility index (Phi) is 4.81. The van der Waals surface area contributed by atoms with Crippen molar-refractivity contribution in [2.75, 3.05) is 23.8 Å². The SMILES string of the molecule is O=C(COc1ccc(Cl)c(Cl)c1)N1CCSc2ccccc21. The number of thioether (sulfide) groups is 1. The summed E-state index contributed by atoms with van der Waals surface area (Å²) in [4.78, 5) is 15.3. The molecule has 0 bridgehead atoms. The first kappa shape index (κ1) is 15.5. The maximum absolute atomic E-state index is 12.4. The van der Waals surface area contributed by atoms with Gasteiger partial charge in [-0.05, 0) is 24.3 Å². The third kappa shape index (κ3) is 3.35. The van der Waals surface area contributed by atoms with Crippen molar-refractivity contribution >= 4 is 46.6 Å². The van der Waals surface area contributed by atoms with Crippen LogP contribution in [0.25, 0.3) is 0 Å². The maximum atomic E-state index is 12.4. The summed E-state index contributed by atoms with van der Waals surface area (Å²) in [6.07, 6.45) is 0. The lowest BCUT2D eigenvalue weighted by Gasteiger charge is -2.28. The van der Waals surface area contributed by atoms with Crippen molar-refractivity contribution in [2.45, 2.75) is 4.90 Å². The molecule has 0 atom stereocenters. The Morgan fingerprint density at radius 1 is 1.18 bits per heavy atom. The molecule has 114 valence electrons. The number of nitrogens with zero attached hydrogens (tertiary/aromatic N) is 1. The smallest absolute Gasteiger partial charge is 0.264 e. The standard InChI is InChI=1S/C16H13Cl2NO2S/c17-12-6-5-11(9-13(12)18)21-10-16(20)19-7-8-22-15-4-2-1-3-14(15)19/h1-6,9H,7-8,10H2. The summed E-state index contributed by atoms with van der Waals surface area (Å²) < 4.78 is 5.53. The summed E-state index contributed by atoms with van der Waals surface area (Å²) in [5.41, 5.74) is 0.946. The van der Waals surface area contributed by atoms with Crippen LogP contribution in [0.1, 0.15) is 0 Å². The van der Waals surface area contributed by atoms with Gasteiger partial charge in [-0.1, -0.05) is 35.3 Å². The van der Waals surface area contributed by atoms with E-state index in [9.17, 15) is 4.79 Å². The van der Waals surface area contributed by atoms with Crippen molar-refractivity contribution in [3.05, 3.63) is 52.5 Å². The molecule has 0 spiro atoms. The van der Waals surface area contributed by atoms with Crippen molar-refractivity contribution in [2.24, 2.45) is 0 Å². The molecule has 0 aliphatic carbocycles. The minimum atomic E-state index is -0.0705. The molecule has 1 aliphatic heterocycles. The lowest BCUT2D eigenvalue weighted by Crippen LogP contribution is -2.38. The van der Waals surface area contributed by atoms with Crippen LogP contribution < -0.4 is 9.64 Å². The number of para-hydroxylation sites is 1. The summed E-state index contributed by atoms with van der Waals surface area (Å²) in [6, 6.07) is 12.9. The lowest BCUT2D eigenvalue weighted by atomic mass is 10.2. The van der Waals surface area contributed by atoms with Crippen molar-refractivity contribution < 1.29 is 9.53 Å². The molecule has 1 aliphatic rings. The summed E-state index contributed by atoms with van der Waals surface area (Å²) in [5, 5.41) is 0.869. The van der Waals surface area contributed by atoms with E-state index in [1.54, 1.807) is 34.9 Å². The first-order valence-corrected chi connectivity index (χ1v) is 8.49. The highest BCUT2D eigenvalue weighted by Crippen LogP contribution is 2.34. The van der Waals surface area contributed by atoms with Gasteiger partial charge in [-0.3, -0.25) is 4.79 Å². The molecule has 0 N–H and O–H groups in total. The highest BCUT2D eigenvalue weighted by atomic mass is 35.5. The molecule has 2 aromatic carbocycles. The van der Waals surface area contributed by atoms with Crippen molar-refractivity contribution in [1.82, 2.24) is 0 Å². The van der Waals surface area contributed by atoms with Gasteiger partial charge in [0, 0.05) is 23.3 Å². The van der Waals surface area contributed by atoms with Gasteiger partial charge >= 0.3 is 0 Å². The Morgan fingerprint density at radius 3 is 2.82 bits per heavy atom. The second-order valence-electron chi connectivity index (χ2n) is 4.73. The average molecular weight is 354 g/mol. The maximum Gasteiger partial charge on any atom is 0.264 e. The minimum absolute atomic E-state index is 0.0308. The van der Waals surface area contributed by atoms with Gasteiger partial charge < -0.3 is 9.64 Å². The van der Waals surface area contributed by atoms with Gasteiger partial charge in [-0.2, -0.15) is 0 Å². The summed E-state index contributed by atoms with van der Waals surface area (Å²) in [6.45, 7) is 0.655. The number of ether oxygens (including phenoxy) is 1. The number of hydrogen-bond acceptors (Lipinski definition) is 3. The number of carbonyl (C=O) groups is 1. The zero-order valence-electron chi connectivity index (χ0n) is 11.6. The van der Waals surface area contributed by atoms with Crippen LogP contribution in [-0.4, -0.2) is 24.8 Å². The molecule has 3 rings (SSSR count). The number of carbonyl (C=O) groups excluding carboxylic acids is 1. The van der Waals surface area contributed by atoms with Crippen LogP contribution in [0.5, 0.6) is 5.75 Å². The largest absolute Gasteiger partial charge is 0.484 e. The molecular formula is C16H13Cl2NO2S. The summed E-state index contributed by atoms with van der Waals surface area (Å²) in [5.74, 6) is 1.34. The molecule has 1 amide bonds. The van der Waals surface area contributed by atoms with Crippen LogP contribution in [0.3, 0.4) is 0 Å². The summed E-state index contributed by atoms with van der Waals surface area (Å²) in [7, 11) is 0. The van der Waals surface area contributed by atoms with Gasteiger partial charge in [0.25, 0.3) is 5.91 Å². The Balaban J connectivity index is 1.69. The predicted molar refractivity (Wildman–Crippen MR) is 91.5 cm³/mol. The van der Waals surface area contributed by atoms with E-state index in [-0.39, 0.29) is 12.5 Å². The van der Waals surface area contributed by atoms with Crippen LogP contribution in [-0.2, 0) is 4.79 Å². The molecule has 0 radical (unpaired) electrons. The van der Waals surface area contributed by atoms with Crippen LogP contribution in [0, 0.1) is 0 Å². The molecule has 1 heterocycles. The number of fused-ring (bicyclic) bond motifs is 1. The van der Waals surface area contributed by atoms with Crippen LogP contribution in [0.4, 0.5) is 5.69 Å². The van der Waals surface area contributed by atoms with Gasteiger partial charge in [0.15, 0.2) is 6.61 Å². The molecule has 0 saturated heterocycles. The summed E-state index contributed by atoms with van der Waals surface area (Å²) >= 11 is 13.6. The Labute approximate surface area is 143 Å². The van der Waals surface area contributed by atoms with Crippen LogP contribution >= 0.6 is 35.0 Å². The third-order valence-corrected chi connectivity index (χ3v) is 5.06. The highest BCUT2D eigenvalue weighted by molar-refractivity contribution is 7.99. The van der Waals surface area contributed by atoms with E-state index in [2.05, 4.69) is 0 Å². The number of amides is 1. The normalized spacial score (nSPS) is 13.6. The molecule has 22 heavy (non-hydrogen) atoms. The zero-order valence-corrected chi connectivity index (χ0v) is 13.9. The first-order valence-electron chi connectivity index (χ1n) is 6.75. The third-order valence-electron chi connectivity index (χ3n) is 3.28. The Morgan fingerprint density at radius 2 is 2.00 bits per heavy atom. The van der Waals surface area contributed by atoms with E-state index >= 15 is 0 Å². The topological polar surface area (TPSA) is 29.5 Å². The van der Waals surface area contributed by atoms with Gasteiger partial charge in [0.1, 0.15) is 5.75 Å².